The van der Waals surface area contributed by atoms with E-state index in [1.54, 1.807) is 0 Å². The summed E-state index contributed by atoms with van der Waals surface area (Å²) in [6.07, 6.45) is 5.33. The average Bonchev–Trinajstić information content (AvgIpc) is 3.37. The summed E-state index contributed by atoms with van der Waals surface area (Å²) in [4.78, 5) is 26.0. The molecule has 1 amide bonds. The first kappa shape index (κ1) is 20.1. The van der Waals surface area contributed by atoms with Crippen molar-refractivity contribution in [2.75, 3.05) is 5.32 Å². The SMILES string of the molecule is Cc1ncc(CC[C@@]2(c3ccccc3)C[C@@]2(C)C(=O)Nc2ccc(F)cn2)c(C)n1. The van der Waals surface area contributed by atoms with Crippen molar-refractivity contribution in [1.29, 1.82) is 0 Å². The Bertz CT molecular complexity index is 1070. The Kier molecular flexibility index (Phi) is 5.10. The first-order valence-corrected chi connectivity index (χ1v) is 10.1. The van der Waals surface area contributed by atoms with E-state index >= 15 is 0 Å². The summed E-state index contributed by atoms with van der Waals surface area (Å²) in [5.74, 6) is 0.595. The molecule has 0 radical (unpaired) electrons. The standard InChI is InChI=1S/C24H25FN4O/c1-16-18(13-26-17(2)28-16)11-12-24(19-7-5-4-6-8-19)15-23(24,3)22(30)29-21-10-9-20(25)14-27-21/h4-10,13-14H,11-12,15H2,1-3H3,(H,27,29,30)/t23-,24-/m0/s1. The van der Waals surface area contributed by atoms with Gasteiger partial charge in [-0.25, -0.2) is 19.3 Å². The molecule has 0 unspecified atom stereocenters. The zero-order chi connectivity index (χ0) is 21.4. The fourth-order valence-corrected chi connectivity index (χ4v) is 4.45. The second-order valence-electron chi connectivity index (χ2n) is 8.30. The van der Waals surface area contributed by atoms with Crippen LogP contribution in [-0.2, 0) is 16.6 Å². The lowest BCUT2D eigenvalue weighted by molar-refractivity contribution is -0.121. The van der Waals surface area contributed by atoms with E-state index < -0.39 is 11.2 Å². The van der Waals surface area contributed by atoms with E-state index in [0.29, 0.717) is 5.82 Å². The Morgan fingerprint density at radius 3 is 2.53 bits per heavy atom. The summed E-state index contributed by atoms with van der Waals surface area (Å²) in [6.45, 7) is 5.88. The smallest absolute Gasteiger partial charge is 0.232 e. The number of benzene rings is 1. The number of hydrogen-bond acceptors (Lipinski definition) is 4. The molecule has 0 saturated heterocycles. The maximum Gasteiger partial charge on any atom is 0.232 e. The molecular weight excluding hydrogens is 379 g/mol. The van der Waals surface area contributed by atoms with Crippen LogP contribution in [0.1, 0.15) is 42.4 Å². The lowest BCUT2D eigenvalue weighted by Gasteiger charge is -2.23. The zero-order valence-corrected chi connectivity index (χ0v) is 17.4. The predicted octanol–water partition coefficient (Wildman–Crippen LogP) is 4.55. The molecule has 0 spiro atoms. The van der Waals surface area contributed by atoms with Crippen molar-refractivity contribution >= 4 is 11.7 Å². The third kappa shape index (κ3) is 3.58. The van der Waals surface area contributed by atoms with Gasteiger partial charge in [-0.2, -0.15) is 0 Å². The van der Waals surface area contributed by atoms with Crippen molar-refractivity contribution in [2.45, 2.75) is 45.4 Å². The molecular formula is C24H25FN4O. The van der Waals surface area contributed by atoms with Gasteiger partial charge in [0.15, 0.2) is 0 Å². The number of nitrogens with one attached hydrogen (secondary N) is 1. The number of carbonyl (C=O) groups is 1. The molecule has 1 fully saturated rings. The molecule has 3 aromatic rings. The molecule has 1 aromatic carbocycles. The third-order valence-corrected chi connectivity index (χ3v) is 6.41. The van der Waals surface area contributed by atoms with Crippen LogP contribution in [0.2, 0.25) is 0 Å². The van der Waals surface area contributed by atoms with Crippen LogP contribution < -0.4 is 5.32 Å². The number of rotatable bonds is 6. The molecule has 0 bridgehead atoms. The maximum absolute atomic E-state index is 13.2. The molecule has 2 atom stereocenters. The van der Waals surface area contributed by atoms with E-state index in [1.807, 2.05) is 45.2 Å². The van der Waals surface area contributed by atoms with E-state index in [1.165, 1.54) is 12.1 Å². The minimum absolute atomic E-state index is 0.0951. The lowest BCUT2D eigenvalue weighted by Crippen LogP contribution is -2.30. The molecule has 2 aromatic heterocycles. The van der Waals surface area contributed by atoms with Crippen LogP contribution in [0.3, 0.4) is 0 Å². The molecule has 30 heavy (non-hydrogen) atoms. The Balaban J connectivity index is 1.59. The van der Waals surface area contributed by atoms with Gasteiger partial charge < -0.3 is 5.32 Å². The third-order valence-electron chi connectivity index (χ3n) is 6.41. The van der Waals surface area contributed by atoms with Crippen LogP contribution in [0.25, 0.3) is 0 Å². The molecule has 1 aliphatic rings. The predicted molar refractivity (Wildman–Crippen MR) is 113 cm³/mol. The number of pyridine rings is 1. The highest BCUT2D eigenvalue weighted by Crippen LogP contribution is 2.67. The summed E-state index contributed by atoms with van der Waals surface area (Å²) < 4.78 is 13.1. The van der Waals surface area contributed by atoms with Crippen molar-refractivity contribution in [3.8, 4) is 0 Å². The number of carbonyl (C=O) groups excluding carboxylic acids is 1. The molecule has 4 rings (SSSR count). The first-order chi connectivity index (χ1) is 14.3. The quantitative estimate of drug-likeness (QED) is 0.655. The van der Waals surface area contributed by atoms with Crippen LogP contribution in [0.5, 0.6) is 0 Å². The van der Waals surface area contributed by atoms with Gasteiger partial charge in [-0.3, -0.25) is 4.79 Å². The lowest BCUT2D eigenvalue weighted by atomic mass is 9.81. The fraction of sp³-hybridized carbons (Fsp3) is 0.333. The normalized spacial score (nSPS) is 22.5. The van der Waals surface area contributed by atoms with E-state index in [0.717, 1.165) is 48.1 Å². The number of anilines is 1. The van der Waals surface area contributed by atoms with Crippen LogP contribution in [0, 0.1) is 25.1 Å². The van der Waals surface area contributed by atoms with Gasteiger partial charge in [-0.1, -0.05) is 30.3 Å². The number of nitrogens with zero attached hydrogens (tertiary/aromatic N) is 3. The van der Waals surface area contributed by atoms with E-state index in [-0.39, 0.29) is 11.3 Å². The highest BCUT2D eigenvalue weighted by Gasteiger charge is 2.68. The summed E-state index contributed by atoms with van der Waals surface area (Å²) in [5.41, 5.74) is 2.37. The van der Waals surface area contributed by atoms with Crippen LogP contribution in [0.4, 0.5) is 10.2 Å². The highest BCUT2D eigenvalue weighted by molar-refractivity contribution is 5.98. The van der Waals surface area contributed by atoms with Gasteiger partial charge in [0.05, 0.1) is 11.6 Å². The van der Waals surface area contributed by atoms with Crippen molar-refractivity contribution in [3.05, 3.63) is 83.3 Å². The van der Waals surface area contributed by atoms with Gasteiger partial charge in [0.1, 0.15) is 17.5 Å². The second kappa shape index (κ2) is 7.59. The Morgan fingerprint density at radius 1 is 1.10 bits per heavy atom. The van der Waals surface area contributed by atoms with Crippen LogP contribution in [0.15, 0.2) is 54.9 Å². The molecule has 1 saturated carbocycles. The van der Waals surface area contributed by atoms with Gasteiger partial charge in [-0.15, -0.1) is 0 Å². The Labute approximate surface area is 175 Å². The Hall–Kier alpha value is -3.15. The van der Waals surface area contributed by atoms with Crippen molar-refractivity contribution in [2.24, 2.45) is 5.41 Å². The molecule has 5 nitrogen and oxygen atoms in total. The van der Waals surface area contributed by atoms with E-state index in [4.69, 9.17) is 0 Å². The zero-order valence-electron chi connectivity index (χ0n) is 17.4. The summed E-state index contributed by atoms with van der Waals surface area (Å²) >= 11 is 0. The summed E-state index contributed by atoms with van der Waals surface area (Å²) in [7, 11) is 0. The molecule has 1 aliphatic carbocycles. The molecule has 154 valence electrons. The van der Waals surface area contributed by atoms with Gasteiger partial charge in [0.25, 0.3) is 0 Å². The summed E-state index contributed by atoms with van der Waals surface area (Å²) in [6, 6.07) is 13.0. The molecule has 1 N–H and O–H groups in total. The summed E-state index contributed by atoms with van der Waals surface area (Å²) in [5, 5.41) is 2.87. The van der Waals surface area contributed by atoms with Crippen LogP contribution in [-0.4, -0.2) is 20.9 Å². The van der Waals surface area contributed by atoms with Gasteiger partial charge in [0, 0.05) is 17.3 Å². The monoisotopic (exact) mass is 404 g/mol. The number of aromatic nitrogens is 3. The number of aryl methyl sites for hydroxylation is 3. The molecule has 0 aliphatic heterocycles. The largest absolute Gasteiger partial charge is 0.310 e. The van der Waals surface area contributed by atoms with Crippen molar-refractivity contribution < 1.29 is 9.18 Å². The highest BCUT2D eigenvalue weighted by atomic mass is 19.1. The van der Waals surface area contributed by atoms with Crippen LogP contribution >= 0.6 is 0 Å². The molecule has 6 heteroatoms. The van der Waals surface area contributed by atoms with Gasteiger partial charge in [0.2, 0.25) is 5.91 Å². The second-order valence-corrected chi connectivity index (χ2v) is 8.30. The average molecular weight is 404 g/mol. The maximum atomic E-state index is 13.2. The number of halogens is 1. The Morgan fingerprint density at radius 2 is 1.87 bits per heavy atom. The minimum atomic E-state index is -0.579. The van der Waals surface area contributed by atoms with Crippen molar-refractivity contribution in [1.82, 2.24) is 15.0 Å². The molecule has 2 heterocycles. The minimum Gasteiger partial charge on any atom is -0.310 e. The topological polar surface area (TPSA) is 67.8 Å². The van der Waals surface area contributed by atoms with Crippen molar-refractivity contribution in [3.63, 3.8) is 0 Å². The van der Waals surface area contributed by atoms with Gasteiger partial charge in [-0.05, 0) is 63.3 Å². The first-order valence-electron chi connectivity index (χ1n) is 10.1. The number of hydrogen-bond donors (Lipinski definition) is 1. The number of amides is 1. The van der Waals surface area contributed by atoms with E-state index in [2.05, 4.69) is 32.4 Å². The van der Waals surface area contributed by atoms with E-state index in [9.17, 15) is 9.18 Å². The fourth-order valence-electron chi connectivity index (χ4n) is 4.45. The van der Waals surface area contributed by atoms with Gasteiger partial charge >= 0.3 is 0 Å².